The molecule has 1 atom stereocenters. The van der Waals surface area contributed by atoms with E-state index in [-0.39, 0.29) is 0 Å². The summed E-state index contributed by atoms with van der Waals surface area (Å²) in [4.78, 5) is 23.9. The number of carbonyl (C=O) groups is 1. The normalized spacial score (nSPS) is 14.4. The predicted molar refractivity (Wildman–Crippen MR) is 114 cm³/mol. The molecular weight excluding hydrogens is 425 g/mol. The number of carboxylic acid groups (broad SMARTS) is 1. The summed E-state index contributed by atoms with van der Waals surface area (Å²) in [7, 11) is 0. The summed E-state index contributed by atoms with van der Waals surface area (Å²) in [6, 6.07) is 10.2. The maximum absolute atomic E-state index is 13.5. The van der Waals surface area contributed by atoms with Crippen LogP contribution in [0.1, 0.15) is 41.9 Å². The summed E-state index contributed by atoms with van der Waals surface area (Å²) in [6.07, 6.45) is 2.25. The molecule has 4 rings (SSSR count). The van der Waals surface area contributed by atoms with Gasteiger partial charge < -0.3 is 19.1 Å². The molecule has 1 unspecified atom stereocenters. The fraction of sp³-hybridized carbons (Fsp3) is 0.217. The third-order valence-electron chi connectivity index (χ3n) is 5.02. The Bertz CT molecular complexity index is 1210. The van der Waals surface area contributed by atoms with Gasteiger partial charge in [0, 0.05) is 29.5 Å². The molecule has 1 aliphatic heterocycles. The van der Waals surface area contributed by atoms with Crippen molar-refractivity contribution >= 4 is 17.6 Å². The van der Waals surface area contributed by atoms with Crippen LogP contribution in [-0.2, 0) is 0 Å². The van der Waals surface area contributed by atoms with Gasteiger partial charge in [-0.1, -0.05) is 37.1 Å². The molecule has 1 N–H and O–H groups in total. The van der Waals surface area contributed by atoms with Crippen LogP contribution in [0.15, 0.2) is 53.5 Å². The van der Waals surface area contributed by atoms with E-state index in [1.165, 1.54) is 29.0 Å². The summed E-state index contributed by atoms with van der Waals surface area (Å²) in [5.41, 5.74) is 0.516. The van der Waals surface area contributed by atoms with E-state index in [1.54, 1.807) is 24.3 Å². The van der Waals surface area contributed by atoms with Crippen LogP contribution in [0.4, 0.5) is 4.39 Å². The van der Waals surface area contributed by atoms with Crippen LogP contribution in [0, 0.1) is 5.82 Å². The second-order valence-corrected chi connectivity index (χ2v) is 7.56. The number of ether oxygens (including phenoxy) is 2. The monoisotopic (exact) mass is 443 g/mol. The molecule has 2 aromatic carbocycles. The number of nitrogens with zero attached hydrogens (tertiary/aromatic N) is 1. The van der Waals surface area contributed by atoms with Gasteiger partial charge in [-0.2, -0.15) is 0 Å². The molecule has 0 fully saturated rings. The number of rotatable bonds is 6. The first-order chi connectivity index (χ1) is 14.9. The standard InChI is InChI=1S/C23H19ClFNO5/c1-2-3-8-30-21-11-20-15(9-17(21)24)18-10-19(27)16(23(28)29)12-26(18)22(31-20)13-4-6-14(25)7-5-13/h4-7,9-12,22H,2-3,8H2,1H3,(H,28,29). The van der Waals surface area contributed by atoms with Gasteiger partial charge in [-0.05, 0) is 24.6 Å². The third-order valence-corrected chi connectivity index (χ3v) is 5.32. The zero-order valence-electron chi connectivity index (χ0n) is 16.6. The minimum Gasteiger partial charge on any atom is -0.492 e. The van der Waals surface area contributed by atoms with Crippen molar-refractivity contribution in [2.75, 3.05) is 6.61 Å². The highest BCUT2D eigenvalue weighted by Crippen LogP contribution is 2.44. The number of unbranched alkanes of at least 4 members (excludes halogenated alkanes) is 1. The first-order valence-corrected chi connectivity index (χ1v) is 10.1. The number of hydrogen-bond acceptors (Lipinski definition) is 4. The molecule has 0 aliphatic carbocycles. The number of aromatic carboxylic acids is 1. The Hall–Kier alpha value is -3.32. The second kappa shape index (κ2) is 8.43. The Labute approximate surface area is 182 Å². The fourth-order valence-corrected chi connectivity index (χ4v) is 3.64. The van der Waals surface area contributed by atoms with Crippen molar-refractivity contribution in [2.24, 2.45) is 0 Å². The highest BCUT2D eigenvalue weighted by Gasteiger charge is 2.29. The zero-order valence-corrected chi connectivity index (χ0v) is 17.4. The van der Waals surface area contributed by atoms with Crippen molar-refractivity contribution in [3.8, 4) is 22.8 Å². The number of aromatic nitrogens is 1. The van der Waals surface area contributed by atoms with Crippen molar-refractivity contribution in [1.82, 2.24) is 4.57 Å². The van der Waals surface area contributed by atoms with Crippen molar-refractivity contribution < 1.29 is 23.8 Å². The highest BCUT2D eigenvalue weighted by atomic mass is 35.5. The lowest BCUT2D eigenvalue weighted by Gasteiger charge is -2.32. The van der Waals surface area contributed by atoms with Gasteiger partial charge in [-0.25, -0.2) is 9.18 Å². The quantitative estimate of drug-likeness (QED) is 0.535. The van der Waals surface area contributed by atoms with E-state index in [2.05, 4.69) is 0 Å². The number of pyridine rings is 1. The zero-order chi connectivity index (χ0) is 22.1. The molecule has 0 saturated heterocycles. The average Bonchev–Trinajstić information content (AvgIpc) is 2.74. The highest BCUT2D eigenvalue weighted by molar-refractivity contribution is 6.32. The number of carboxylic acids is 1. The summed E-state index contributed by atoms with van der Waals surface area (Å²) < 4.78 is 26.9. The van der Waals surface area contributed by atoms with E-state index in [0.29, 0.717) is 39.9 Å². The van der Waals surface area contributed by atoms with Crippen LogP contribution in [0.3, 0.4) is 0 Å². The Morgan fingerprint density at radius 2 is 2.00 bits per heavy atom. The van der Waals surface area contributed by atoms with Crippen LogP contribution in [0.25, 0.3) is 11.3 Å². The van der Waals surface area contributed by atoms with Crippen molar-refractivity contribution in [3.05, 3.63) is 80.9 Å². The first kappa shape index (κ1) is 20.9. The van der Waals surface area contributed by atoms with Gasteiger partial charge in [0.1, 0.15) is 22.9 Å². The first-order valence-electron chi connectivity index (χ1n) is 9.77. The molecule has 160 valence electrons. The minimum atomic E-state index is -1.35. The molecule has 3 aromatic rings. The minimum absolute atomic E-state index is 0.347. The van der Waals surface area contributed by atoms with Crippen LogP contribution in [-0.4, -0.2) is 22.2 Å². The summed E-state index contributed by atoms with van der Waals surface area (Å²) >= 11 is 6.40. The Balaban J connectivity index is 1.88. The Morgan fingerprint density at radius 3 is 2.68 bits per heavy atom. The van der Waals surface area contributed by atoms with Gasteiger partial charge in [-0.3, -0.25) is 4.79 Å². The van der Waals surface area contributed by atoms with Crippen LogP contribution in [0.5, 0.6) is 11.5 Å². The van der Waals surface area contributed by atoms with E-state index in [9.17, 15) is 19.1 Å². The van der Waals surface area contributed by atoms with E-state index in [0.717, 1.165) is 12.8 Å². The molecule has 0 spiro atoms. The summed E-state index contributed by atoms with van der Waals surface area (Å²) in [5.74, 6) is -0.885. The lowest BCUT2D eigenvalue weighted by Crippen LogP contribution is -2.27. The molecule has 0 radical (unpaired) electrons. The topological polar surface area (TPSA) is 77.8 Å². The number of fused-ring (bicyclic) bond motifs is 3. The molecule has 0 saturated carbocycles. The largest absolute Gasteiger partial charge is 0.492 e. The molecule has 2 heterocycles. The molecule has 6 nitrogen and oxygen atoms in total. The number of hydrogen-bond donors (Lipinski definition) is 1. The Morgan fingerprint density at radius 1 is 1.26 bits per heavy atom. The van der Waals surface area contributed by atoms with Gasteiger partial charge in [0.15, 0.2) is 5.43 Å². The lowest BCUT2D eigenvalue weighted by molar-refractivity contribution is 0.0693. The van der Waals surface area contributed by atoms with E-state index in [4.69, 9.17) is 21.1 Å². The molecule has 0 amide bonds. The fourth-order valence-electron chi connectivity index (χ4n) is 3.42. The van der Waals surface area contributed by atoms with Gasteiger partial charge in [0.25, 0.3) is 0 Å². The smallest absolute Gasteiger partial charge is 0.341 e. The van der Waals surface area contributed by atoms with Crippen molar-refractivity contribution in [3.63, 3.8) is 0 Å². The Kier molecular flexibility index (Phi) is 5.69. The summed E-state index contributed by atoms with van der Waals surface area (Å²) in [6.45, 7) is 2.54. The molecule has 1 aliphatic rings. The SMILES string of the molecule is CCCCOc1cc2c(cc1Cl)-c1cc(=O)c(C(=O)O)cn1C(c1ccc(F)cc1)O2. The molecule has 8 heteroatoms. The maximum atomic E-state index is 13.5. The van der Waals surface area contributed by atoms with Gasteiger partial charge >= 0.3 is 5.97 Å². The number of halogens is 2. The van der Waals surface area contributed by atoms with E-state index >= 15 is 0 Å². The van der Waals surface area contributed by atoms with E-state index in [1.807, 2.05) is 6.92 Å². The van der Waals surface area contributed by atoms with Gasteiger partial charge in [0.2, 0.25) is 6.23 Å². The summed E-state index contributed by atoms with van der Waals surface area (Å²) in [5, 5.41) is 9.74. The maximum Gasteiger partial charge on any atom is 0.341 e. The van der Waals surface area contributed by atoms with Crippen molar-refractivity contribution in [2.45, 2.75) is 26.0 Å². The van der Waals surface area contributed by atoms with Crippen LogP contribution >= 0.6 is 11.6 Å². The molecular formula is C23H19ClFNO5. The molecule has 1 aromatic heterocycles. The van der Waals surface area contributed by atoms with Crippen molar-refractivity contribution in [1.29, 1.82) is 0 Å². The molecule has 31 heavy (non-hydrogen) atoms. The van der Waals surface area contributed by atoms with Crippen LogP contribution in [0.2, 0.25) is 5.02 Å². The van der Waals surface area contributed by atoms with Gasteiger partial charge in [0.05, 0.1) is 17.3 Å². The van der Waals surface area contributed by atoms with Gasteiger partial charge in [-0.15, -0.1) is 0 Å². The molecule has 0 bridgehead atoms. The number of benzene rings is 2. The lowest BCUT2D eigenvalue weighted by atomic mass is 10.0. The van der Waals surface area contributed by atoms with Crippen LogP contribution < -0.4 is 14.9 Å². The van der Waals surface area contributed by atoms with E-state index < -0.39 is 29.0 Å². The average molecular weight is 444 g/mol. The second-order valence-electron chi connectivity index (χ2n) is 7.15. The third kappa shape index (κ3) is 4.01. The predicted octanol–water partition coefficient (Wildman–Crippen LogP) is 5.12.